The van der Waals surface area contributed by atoms with Crippen molar-refractivity contribution in [3.05, 3.63) is 75.3 Å². The summed E-state index contributed by atoms with van der Waals surface area (Å²) < 4.78 is 0. The summed E-state index contributed by atoms with van der Waals surface area (Å²) in [5.74, 6) is -6.28. The molecule has 1 heterocycles. The van der Waals surface area contributed by atoms with E-state index in [0.717, 1.165) is 41.9 Å². The van der Waals surface area contributed by atoms with E-state index in [1.807, 2.05) is 6.92 Å². The number of hydrogen-bond acceptors (Lipinski definition) is 8. The second-order valence-corrected chi connectivity index (χ2v) is 11.5. The molecule has 1 amide bonds. The van der Waals surface area contributed by atoms with Crippen LogP contribution in [0.3, 0.4) is 0 Å². The first-order valence-electron chi connectivity index (χ1n) is 13.7. The monoisotopic (exact) mass is 544 g/mol. The zero-order valence-electron chi connectivity index (χ0n) is 22.2. The molecule has 40 heavy (non-hydrogen) atoms. The minimum Gasteiger partial charge on any atom is -0.511 e. The Morgan fingerprint density at radius 3 is 2.48 bits per heavy atom. The van der Waals surface area contributed by atoms with Gasteiger partial charge in [-0.2, -0.15) is 0 Å². The highest BCUT2D eigenvalue weighted by Crippen LogP contribution is 2.52. The highest BCUT2D eigenvalue weighted by atomic mass is 16.3. The van der Waals surface area contributed by atoms with Gasteiger partial charge in [-0.25, -0.2) is 0 Å². The van der Waals surface area contributed by atoms with E-state index in [1.165, 1.54) is 18.9 Å². The third kappa shape index (κ3) is 3.79. The number of Topliss-reactive ketones (excluding diaryl/α,β-unsaturated/α-hetero) is 2. The first kappa shape index (κ1) is 26.3. The highest BCUT2D eigenvalue weighted by Gasteiger charge is 2.59. The normalized spacial score (nSPS) is 26.6. The van der Waals surface area contributed by atoms with E-state index in [1.54, 1.807) is 6.07 Å². The average Bonchev–Trinajstić information content (AvgIpc) is 3.40. The zero-order chi connectivity index (χ0) is 28.5. The van der Waals surface area contributed by atoms with Gasteiger partial charge in [-0.05, 0) is 91.6 Å². The fraction of sp³-hybridized carbons (Fsp3) is 0.387. The number of ketones is 2. The molecule has 3 atom stereocenters. The summed E-state index contributed by atoms with van der Waals surface area (Å²) in [4.78, 5) is 41.3. The molecule has 0 spiro atoms. The van der Waals surface area contributed by atoms with Gasteiger partial charge in [0.15, 0.2) is 11.4 Å². The summed E-state index contributed by atoms with van der Waals surface area (Å²) in [6.45, 7) is 4.95. The number of primary amides is 1. The van der Waals surface area contributed by atoms with Gasteiger partial charge >= 0.3 is 0 Å². The minimum atomic E-state index is -2.57. The molecule has 0 unspecified atom stereocenters. The molecule has 9 heteroatoms. The Labute approximate surface area is 231 Å². The molecule has 0 saturated carbocycles. The fourth-order valence-electron chi connectivity index (χ4n) is 7.13. The summed E-state index contributed by atoms with van der Waals surface area (Å²) in [7, 11) is 0. The van der Waals surface area contributed by atoms with Crippen molar-refractivity contribution in [2.24, 2.45) is 17.6 Å². The number of aliphatic hydroxyl groups is 3. The number of hydrogen-bond donors (Lipinski definition) is 5. The number of aliphatic hydroxyl groups excluding tert-OH is 2. The Hall–Kier alpha value is -3.95. The Morgan fingerprint density at radius 2 is 1.77 bits per heavy atom. The predicted octanol–water partition coefficient (Wildman–Crippen LogP) is 3.15. The molecule has 2 aromatic carbocycles. The van der Waals surface area contributed by atoms with Crippen LogP contribution < -0.4 is 5.73 Å². The summed E-state index contributed by atoms with van der Waals surface area (Å²) in [5, 5.41) is 43.9. The number of amides is 1. The van der Waals surface area contributed by atoms with Crippen LogP contribution in [0.25, 0.3) is 11.1 Å². The van der Waals surface area contributed by atoms with E-state index in [4.69, 9.17) is 5.73 Å². The zero-order valence-corrected chi connectivity index (χ0v) is 22.2. The number of rotatable bonds is 4. The molecule has 1 aliphatic heterocycles. The number of benzene rings is 2. The van der Waals surface area contributed by atoms with Crippen molar-refractivity contribution < 1.29 is 34.8 Å². The number of nitrogens with two attached hydrogens (primary N) is 1. The molecule has 0 bridgehead atoms. The van der Waals surface area contributed by atoms with Crippen molar-refractivity contribution in [1.82, 2.24) is 4.90 Å². The van der Waals surface area contributed by atoms with Crippen molar-refractivity contribution in [1.29, 1.82) is 0 Å². The molecule has 1 saturated heterocycles. The van der Waals surface area contributed by atoms with Gasteiger partial charge in [0.2, 0.25) is 5.78 Å². The van der Waals surface area contributed by atoms with Gasteiger partial charge in [0.25, 0.3) is 5.91 Å². The molecular formula is C31H32N2O7. The van der Waals surface area contributed by atoms with Crippen molar-refractivity contribution in [3.63, 3.8) is 0 Å². The molecule has 0 radical (unpaired) electrons. The lowest BCUT2D eigenvalue weighted by molar-refractivity contribution is -0.144. The van der Waals surface area contributed by atoms with Gasteiger partial charge in [0.05, 0.1) is 5.56 Å². The van der Waals surface area contributed by atoms with Crippen molar-refractivity contribution in [2.75, 3.05) is 13.1 Å². The Balaban J connectivity index is 1.45. The maximum Gasteiger partial charge on any atom is 0.255 e. The summed E-state index contributed by atoms with van der Waals surface area (Å²) in [6, 6.07) is 9.54. The molecular weight excluding hydrogens is 512 g/mol. The van der Waals surface area contributed by atoms with Gasteiger partial charge in [0.1, 0.15) is 22.8 Å². The van der Waals surface area contributed by atoms with Gasteiger partial charge in [0, 0.05) is 24.5 Å². The quantitative estimate of drug-likeness (QED) is 0.367. The lowest BCUT2D eigenvalue weighted by atomic mass is 9.60. The molecule has 0 aromatic heterocycles. The largest absolute Gasteiger partial charge is 0.511 e. The lowest BCUT2D eigenvalue weighted by Crippen LogP contribution is -2.57. The first-order chi connectivity index (χ1) is 19.0. The van der Waals surface area contributed by atoms with E-state index < -0.39 is 52.0 Å². The Bertz CT molecular complexity index is 1550. The number of aromatic hydroxyl groups is 1. The Kier molecular flexibility index (Phi) is 6.12. The van der Waals surface area contributed by atoms with Crippen LogP contribution in [0.15, 0.2) is 53.0 Å². The third-order valence-corrected chi connectivity index (χ3v) is 9.14. The number of carbonyl (C=O) groups excluding carboxylic acids is 3. The molecule has 208 valence electrons. The number of aryl methyl sites for hydroxylation is 1. The minimum absolute atomic E-state index is 0.0264. The fourth-order valence-corrected chi connectivity index (χ4v) is 7.13. The molecule has 9 nitrogen and oxygen atoms in total. The summed E-state index contributed by atoms with van der Waals surface area (Å²) in [6.07, 6.45) is 2.50. The second-order valence-electron chi connectivity index (χ2n) is 11.5. The van der Waals surface area contributed by atoms with Gasteiger partial charge in [-0.3, -0.25) is 19.3 Å². The van der Waals surface area contributed by atoms with Crippen molar-refractivity contribution in [3.8, 4) is 16.9 Å². The molecule has 2 aromatic rings. The van der Waals surface area contributed by atoms with Crippen LogP contribution in [0.2, 0.25) is 0 Å². The highest BCUT2D eigenvalue weighted by molar-refractivity contribution is 6.24. The predicted molar refractivity (Wildman–Crippen MR) is 146 cm³/mol. The van der Waals surface area contributed by atoms with Crippen LogP contribution in [0.1, 0.15) is 52.7 Å². The third-order valence-electron chi connectivity index (χ3n) is 9.14. The van der Waals surface area contributed by atoms with E-state index in [2.05, 4.69) is 23.1 Å². The maximum atomic E-state index is 13.9. The lowest BCUT2D eigenvalue weighted by Gasteiger charge is -2.45. The molecule has 3 aliphatic carbocycles. The van der Waals surface area contributed by atoms with Crippen LogP contribution in [0.4, 0.5) is 0 Å². The van der Waals surface area contributed by atoms with Crippen LogP contribution >= 0.6 is 0 Å². The number of fused-ring (bicyclic) bond motifs is 3. The summed E-state index contributed by atoms with van der Waals surface area (Å²) in [5.41, 5.74) is 6.35. The van der Waals surface area contributed by atoms with Crippen molar-refractivity contribution in [2.45, 2.75) is 51.2 Å². The molecule has 6 rings (SSSR count). The van der Waals surface area contributed by atoms with E-state index >= 15 is 0 Å². The van der Waals surface area contributed by atoms with Gasteiger partial charge in [-0.1, -0.05) is 18.2 Å². The van der Waals surface area contributed by atoms with Crippen LogP contribution in [0, 0.1) is 18.8 Å². The SMILES string of the molecule is Cc1ccc(CN2CCCC2)cc1-c1ccc(O)c2c1C[C@H]1C[C@H]3CC(O)=C(C(N)=O)C(=O)[C@@]3(O)C(O)=C1C2=O. The topological polar surface area (TPSA) is 161 Å². The average molecular weight is 545 g/mol. The smallest absolute Gasteiger partial charge is 0.255 e. The van der Waals surface area contributed by atoms with E-state index in [0.29, 0.717) is 5.56 Å². The molecule has 1 fully saturated rings. The number of phenolic OH excluding ortho intramolecular Hbond substituents is 1. The van der Waals surface area contributed by atoms with Gasteiger partial charge < -0.3 is 26.2 Å². The van der Waals surface area contributed by atoms with E-state index in [-0.39, 0.29) is 36.1 Å². The second kappa shape index (κ2) is 9.31. The number of carbonyl (C=O) groups is 3. The Morgan fingerprint density at radius 1 is 1.05 bits per heavy atom. The van der Waals surface area contributed by atoms with Crippen LogP contribution in [-0.2, 0) is 22.6 Å². The standard InChI is InChI=1S/C31H32N2O7/c1-15-4-5-16(14-33-8-2-3-9-33)10-20(15)19-6-7-22(34)25-21(19)12-17-11-18-13-23(35)26(30(32)39)29(38)31(18,40)28(37)24(17)27(25)36/h4-7,10,17-18,34-35,37,40H,2-3,8-9,11-14H2,1H3,(H2,32,39)/t17-,18+,31+/m1/s1. The number of phenols is 1. The summed E-state index contributed by atoms with van der Waals surface area (Å²) >= 11 is 0. The van der Waals surface area contributed by atoms with Crippen molar-refractivity contribution >= 4 is 17.5 Å². The van der Waals surface area contributed by atoms with Crippen LogP contribution in [-0.4, -0.2) is 61.5 Å². The maximum absolute atomic E-state index is 13.9. The van der Waals surface area contributed by atoms with Gasteiger partial charge in [-0.15, -0.1) is 0 Å². The number of likely N-dealkylation sites (tertiary alicyclic amines) is 1. The number of nitrogens with zero attached hydrogens (tertiary/aromatic N) is 1. The first-order valence-corrected chi connectivity index (χ1v) is 13.7. The molecule has 4 aliphatic rings. The van der Waals surface area contributed by atoms with E-state index in [9.17, 15) is 34.8 Å². The van der Waals surface area contributed by atoms with Crippen LogP contribution in [0.5, 0.6) is 5.75 Å². The number of allylic oxidation sites excluding steroid dienone is 2. The molecule has 6 N–H and O–H groups in total.